The van der Waals surface area contributed by atoms with Gasteiger partial charge in [-0.25, -0.2) is 0 Å². The Kier molecular flexibility index (Phi) is 4.43. The van der Waals surface area contributed by atoms with Crippen LogP contribution < -0.4 is 5.32 Å². The van der Waals surface area contributed by atoms with E-state index < -0.39 is 0 Å². The maximum absolute atomic E-state index is 12.0. The monoisotopic (exact) mass is 269 g/mol. The van der Waals surface area contributed by atoms with Crippen molar-refractivity contribution >= 4 is 5.91 Å². The molecule has 1 heterocycles. The topological polar surface area (TPSA) is 29.1 Å². The zero-order valence-corrected chi connectivity index (χ0v) is 12.6. The molecule has 0 saturated carbocycles. The normalized spacial score (nSPS) is 15.8. The van der Waals surface area contributed by atoms with Crippen molar-refractivity contribution in [2.75, 3.05) is 0 Å². The number of allylic oxidation sites excluding steroid dienone is 1. The highest BCUT2D eigenvalue weighted by molar-refractivity contribution is 5.97. The molecule has 0 radical (unpaired) electrons. The van der Waals surface area contributed by atoms with Crippen molar-refractivity contribution in [1.29, 1.82) is 0 Å². The van der Waals surface area contributed by atoms with Gasteiger partial charge in [-0.2, -0.15) is 0 Å². The summed E-state index contributed by atoms with van der Waals surface area (Å²) in [4.78, 5) is 12.0. The molecule has 1 aliphatic rings. The Morgan fingerprint density at radius 2 is 1.80 bits per heavy atom. The van der Waals surface area contributed by atoms with Crippen LogP contribution in [0.15, 0.2) is 47.7 Å². The number of carbonyl (C=O) groups is 1. The van der Waals surface area contributed by atoms with E-state index in [0.717, 1.165) is 29.7 Å². The van der Waals surface area contributed by atoms with Crippen molar-refractivity contribution in [3.8, 4) is 0 Å². The quantitative estimate of drug-likeness (QED) is 0.885. The molecule has 1 amide bonds. The molecular weight excluding hydrogens is 246 g/mol. The Hall–Kier alpha value is -1.83. The van der Waals surface area contributed by atoms with Crippen LogP contribution in [0.25, 0.3) is 0 Å². The van der Waals surface area contributed by atoms with E-state index in [1.54, 1.807) is 0 Å². The van der Waals surface area contributed by atoms with Gasteiger partial charge in [0.2, 0.25) is 0 Å². The average molecular weight is 269 g/mol. The highest BCUT2D eigenvalue weighted by Crippen LogP contribution is 2.22. The number of nitrogens with one attached hydrogen (secondary N) is 1. The summed E-state index contributed by atoms with van der Waals surface area (Å²) in [7, 11) is 0. The van der Waals surface area contributed by atoms with Crippen molar-refractivity contribution in [2.24, 2.45) is 5.92 Å². The van der Waals surface area contributed by atoms with Gasteiger partial charge in [0, 0.05) is 24.1 Å². The maximum Gasteiger partial charge on any atom is 0.251 e. The van der Waals surface area contributed by atoms with Crippen LogP contribution in [0.2, 0.25) is 0 Å². The molecule has 0 fully saturated rings. The number of hydrogen-bond donors (Lipinski definition) is 1. The molecule has 0 spiro atoms. The number of amides is 1. The van der Waals surface area contributed by atoms with Crippen molar-refractivity contribution < 1.29 is 4.79 Å². The summed E-state index contributed by atoms with van der Waals surface area (Å²) in [6, 6.07) is 8.61. The fourth-order valence-corrected chi connectivity index (χ4v) is 2.60. The zero-order chi connectivity index (χ0) is 14.7. The van der Waals surface area contributed by atoms with E-state index in [-0.39, 0.29) is 5.91 Å². The van der Waals surface area contributed by atoms with Crippen LogP contribution in [0.3, 0.4) is 0 Å². The Morgan fingerprint density at radius 3 is 2.35 bits per heavy atom. The van der Waals surface area contributed by atoms with Gasteiger partial charge in [-0.3, -0.25) is 4.79 Å². The van der Waals surface area contributed by atoms with Gasteiger partial charge in [0.15, 0.2) is 0 Å². The van der Waals surface area contributed by atoms with Crippen LogP contribution >= 0.6 is 0 Å². The van der Waals surface area contributed by atoms with Gasteiger partial charge in [0.1, 0.15) is 0 Å². The number of hydrogen-bond acceptors (Lipinski definition) is 1. The highest BCUT2D eigenvalue weighted by Gasteiger charge is 2.19. The summed E-state index contributed by atoms with van der Waals surface area (Å²) in [5.41, 5.74) is 5.35. The van der Waals surface area contributed by atoms with Crippen LogP contribution in [0, 0.1) is 5.92 Å². The second-order valence-electron chi connectivity index (χ2n) is 6.08. The molecule has 0 atom stereocenters. The molecule has 1 N–H and O–H groups in total. The molecule has 106 valence electrons. The van der Waals surface area contributed by atoms with E-state index in [1.807, 2.05) is 6.92 Å². The maximum atomic E-state index is 12.0. The summed E-state index contributed by atoms with van der Waals surface area (Å²) < 4.78 is 0. The standard InChI is InChI=1S/C18H23NO/c1-12(2)9-15-5-7-16(8-6-15)11-17-13(3)10-14(4)19-18(17)20/h5-8,12H,4,9-11H2,1-3H3,(H,19,20). The van der Waals surface area contributed by atoms with Gasteiger partial charge < -0.3 is 5.32 Å². The summed E-state index contributed by atoms with van der Waals surface area (Å²) in [5, 5.41) is 2.83. The molecule has 0 bridgehead atoms. The highest BCUT2D eigenvalue weighted by atomic mass is 16.1. The van der Waals surface area contributed by atoms with E-state index in [1.165, 1.54) is 11.1 Å². The average Bonchev–Trinajstić information content (AvgIpc) is 2.35. The summed E-state index contributed by atoms with van der Waals surface area (Å²) in [6.07, 6.45) is 2.57. The first-order valence-corrected chi connectivity index (χ1v) is 7.21. The third-order valence-electron chi connectivity index (χ3n) is 3.61. The van der Waals surface area contributed by atoms with Crippen LogP contribution in [0.4, 0.5) is 0 Å². The Morgan fingerprint density at radius 1 is 1.20 bits per heavy atom. The van der Waals surface area contributed by atoms with E-state index in [0.29, 0.717) is 12.3 Å². The third kappa shape index (κ3) is 3.60. The van der Waals surface area contributed by atoms with E-state index in [2.05, 4.69) is 50.0 Å². The largest absolute Gasteiger partial charge is 0.326 e. The summed E-state index contributed by atoms with van der Waals surface area (Å²) in [5.74, 6) is 0.672. The Bertz CT molecular complexity index is 549. The molecule has 20 heavy (non-hydrogen) atoms. The van der Waals surface area contributed by atoms with Gasteiger partial charge in [0.05, 0.1) is 0 Å². The lowest BCUT2D eigenvalue weighted by atomic mass is 9.93. The molecule has 2 rings (SSSR count). The fourth-order valence-electron chi connectivity index (χ4n) is 2.60. The van der Waals surface area contributed by atoms with Crippen LogP contribution in [0.1, 0.15) is 38.3 Å². The predicted octanol–water partition coefficient (Wildman–Crippen LogP) is 3.78. The van der Waals surface area contributed by atoms with Gasteiger partial charge in [0.25, 0.3) is 5.91 Å². The Balaban J connectivity index is 2.12. The van der Waals surface area contributed by atoms with Gasteiger partial charge >= 0.3 is 0 Å². The third-order valence-corrected chi connectivity index (χ3v) is 3.61. The van der Waals surface area contributed by atoms with Crippen molar-refractivity contribution in [3.63, 3.8) is 0 Å². The van der Waals surface area contributed by atoms with Crippen LogP contribution in [-0.2, 0) is 17.6 Å². The minimum atomic E-state index is 0.00464. The van der Waals surface area contributed by atoms with E-state index in [4.69, 9.17) is 0 Å². The van der Waals surface area contributed by atoms with Crippen molar-refractivity contribution in [1.82, 2.24) is 5.32 Å². The minimum Gasteiger partial charge on any atom is -0.326 e. The second kappa shape index (κ2) is 6.08. The molecule has 0 saturated heterocycles. The molecular formula is C18H23NO. The van der Waals surface area contributed by atoms with Gasteiger partial charge in [-0.05, 0) is 30.4 Å². The first-order chi connectivity index (χ1) is 9.45. The van der Waals surface area contributed by atoms with Crippen LogP contribution in [-0.4, -0.2) is 5.91 Å². The SMILES string of the molecule is C=C1CC(C)=C(Cc2ccc(CC(C)C)cc2)C(=O)N1. The summed E-state index contributed by atoms with van der Waals surface area (Å²) in [6.45, 7) is 10.3. The molecule has 1 aromatic carbocycles. The lowest BCUT2D eigenvalue weighted by molar-refractivity contribution is -0.117. The first-order valence-electron chi connectivity index (χ1n) is 7.21. The van der Waals surface area contributed by atoms with Crippen molar-refractivity contribution in [2.45, 2.75) is 40.0 Å². The van der Waals surface area contributed by atoms with Crippen LogP contribution in [0.5, 0.6) is 0 Å². The van der Waals surface area contributed by atoms with Crippen molar-refractivity contribution in [3.05, 3.63) is 58.8 Å². The molecule has 0 aliphatic carbocycles. The van der Waals surface area contributed by atoms with E-state index >= 15 is 0 Å². The lowest BCUT2D eigenvalue weighted by Gasteiger charge is -2.20. The molecule has 0 unspecified atom stereocenters. The molecule has 2 nitrogen and oxygen atoms in total. The van der Waals surface area contributed by atoms with Gasteiger partial charge in [-0.1, -0.05) is 50.3 Å². The molecule has 1 aliphatic heterocycles. The summed E-state index contributed by atoms with van der Waals surface area (Å²) >= 11 is 0. The molecule has 0 aromatic heterocycles. The molecule has 2 heteroatoms. The molecule has 1 aromatic rings. The fraction of sp³-hybridized carbons (Fsp3) is 0.389. The number of carbonyl (C=O) groups excluding carboxylic acids is 1. The minimum absolute atomic E-state index is 0.00464. The Labute approximate surface area is 121 Å². The zero-order valence-electron chi connectivity index (χ0n) is 12.6. The second-order valence-corrected chi connectivity index (χ2v) is 6.08. The van der Waals surface area contributed by atoms with Gasteiger partial charge in [-0.15, -0.1) is 0 Å². The first kappa shape index (κ1) is 14.6. The lowest BCUT2D eigenvalue weighted by Crippen LogP contribution is -2.30. The smallest absolute Gasteiger partial charge is 0.251 e. The predicted molar refractivity (Wildman–Crippen MR) is 83.3 cm³/mol. The number of rotatable bonds is 4. The van der Waals surface area contributed by atoms with E-state index in [9.17, 15) is 4.79 Å². The number of benzene rings is 1.